The normalized spacial score (nSPS) is 13.2. The summed E-state index contributed by atoms with van der Waals surface area (Å²) < 4.78 is 60.2. The molecule has 1 rings (SSSR count). The Kier molecular flexibility index (Phi) is 4.56. The number of hydrogen-bond donors (Lipinski definition) is 1. The predicted octanol–water partition coefficient (Wildman–Crippen LogP) is 1.08. The molecule has 0 radical (unpaired) electrons. The molecule has 0 atom stereocenters. The summed E-state index contributed by atoms with van der Waals surface area (Å²) in [6.45, 7) is 3.77. The third-order valence-corrected chi connectivity index (χ3v) is 3.04. The number of aryl methyl sites for hydroxylation is 1. The third-order valence-electron chi connectivity index (χ3n) is 2.23. The molecule has 1 aromatic rings. The molecule has 0 aliphatic carbocycles. The summed E-state index contributed by atoms with van der Waals surface area (Å²) in [5, 5.41) is 11.3. The highest BCUT2D eigenvalue weighted by molar-refractivity contribution is 7.89. The van der Waals surface area contributed by atoms with Gasteiger partial charge in [-0.2, -0.15) is 13.2 Å². The summed E-state index contributed by atoms with van der Waals surface area (Å²) in [6.07, 6.45) is -5.86. The standard InChI is InChI=1S/C9H15F3N4O2S/c1-6(2)5-16-7(3-4-9(10,11)12)14-15-8(16)19(13,17)18/h6H,3-5H2,1-2H3,(H2,13,17,18). The number of nitrogens with two attached hydrogens (primary N) is 1. The highest BCUT2D eigenvalue weighted by Gasteiger charge is 2.29. The van der Waals surface area contributed by atoms with Crippen LogP contribution in [0.2, 0.25) is 0 Å². The SMILES string of the molecule is CC(C)Cn1c(CCC(F)(F)F)nnc1S(N)(=O)=O. The molecule has 6 nitrogen and oxygen atoms in total. The lowest BCUT2D eigenvalue weighted by atomic mass is 10.2. The molecule has 1 heterocycles. The molecule has 0 aromatic carbocycles. The molecular formula is C9H15F3N4O2S. The van der Waals surface area contributed by atoms with Crippen LogP contribution in [-0.2, 0) is 23.0 Å². The number of primary sulfonamides is 1. The van der Waals surface area contributed by atoms with E-state index in [4.69, 9.17) is 5.14 Å². The van der Waals surface area contributed by atoms with E-state index in [2.05, 4.69) is 10.2 Å². The average molecular weight is 300 g/mol. The first-order valence-electron chi connectivity index (χ1n) is 5.52. The first-order valence-corrected chi connectivity index (χ1v) is 7.07. The van der Waals surface area contributed by atoms with Crippen molar-refractivity contribution in [2.24, 2.45) is 11.1 Å². The quantitative estimate of drug-likeness (QED) is 0.880. The van der Waals surface area contributed by atoms with Crippen molar-refractivity contribution in [1.82, 2.24) is 14.8 Å². The summed E-state index contributed by atoms with van der Waals surface area (Å²) in [5.41, 5.74) is 0. The maximum atomic E-state index is 12.2. The van der Waals surface area contributed by atoms with Crippen LogP contribution in [0.5, 0.6) is 0 Å². The van der Waals surface area contributed by atoms with Crippen molar-refractivity contribution in [2.45, 2.75) is 44.6 Å². The first-order chi connectivity index (χ1) is 8.50. The van der Waals surface area contributed by atoms with Crippen molar-refractivity contribution in [2.75, 3.05) is 0 Å². The van der Waals surface area contributed by atoms with Gasteiger partial charge in [-0.25, -0.2) is 13.6 Å². The van der Waals surface area contributed by atoms with Crippen LogP contribution in [0.3, 0.4) is 0 Å². The van der Waals surface area contributed by atoms with Gasteiger partial charge in [0, 0.05) is 13.0 Å². The second kappa shape index (κ2) is 5.45. The van der Waals surface area contributed by atoms with Crippen LogP contribution < -0.4 is 5.14 Å². The number of aromatic nitrogens is 3. The number of alkyl halides is 3. The zero-order valence-electron chi connectivity index (χ0n) is 10.5. The Hall–Kier alpha value is -1.16. The highest BCUT2D eigenvalue weighted by Crippen LogP contribution is 2.22. The van der Waals surface area contributed by atoms with Crippen LogP contribution in [0.1, 0.15) is 26.1 Å². The van der Waals surface area contributed by atoms with Gasteiger partial charge in [0.05, 0.1) is 6.42 Å². The van der Waals surface area contributed by atoms with Crippen molar-refractivity contribution < 1.29 is 21.6 Å². The van der Waals surface area contributed by atoms with E-state index >= 15 is 0 Å². The molecule has 110 valence electrons. The van der Waals surface area contributed by atoms with E-state index in [-0.39, 0.29) is 18.3 Å². The second-order valence-electron chi connectivity index (χ2n) is 4.56. The predicted molar refractivity (Wildman–Crippen MR) is 60.6 cm³/mol. The fourth-order valence-corrected chi connectivity index (χ4v) is 2.16. The largest absolute Gasteiger partial charge is 0.389 e. The third kappa shape index (κ3) is 4.78. The molecule has 0 spiro atoms. The highest BCUT2D eigenvalue weighted by atomic mass is 32.2. The number of halogens is 3. The zero-order valence-corrected chi connectivity index (χ0v) is 11.3. The van der Waals surface area contributed by atoms with E-state index in [0.29, 0.717) is 0 Å². The van der Waals surface area contributed by atoms with E-state index in [9.17, 15) is 21.6 Å². The average Bonchev–Trinajstić information content (AvgIpc) is 2.55. The van der Waals surface area contributed by atoms with Crippen molar-refractivity contribution in [3.63, 3.8) is 0 Å². The Morgan fingerprint density at radius 2 is 1.89 bits per heavy atom. The summed E-state index contributed by atoms with van der Waals surface area (Å²) in [5.74, 6) is -0.0174. The van der Waals surface area contributed by atoms with Gasteiger partial charge >= 0.3 is 6.18 Å². The second-order valence-corrected chi connectivity index (χ2v) is 6.02. The molecule has 0 amide bonds. The molecule has 0 bridgehead atoms. The molecule has 0 saturated carbocycles. The molecule has 10 heteroatoms. The monoisotopic (exact) mass is 300 g/mol. The molecule has 2 N–H and O–H groups in total. The van der Waals surface area contributed by atoms with Crippen LogP contribution in [0.4, 0.5) is 13.2 Å². The van der Waals surface area contributed by atoms with Crippen molar-refractivity contribution in [1.29, 1.82) is 0 Å². The van der Waals surface area contributed by atoms with Gasteiger partial charge in [-0.05, 0) is 5.92 Å². The van der Waals surface area contributed by atoms with E-state index in [0.717, 1.165) is 4.57 Å². The lowest BCUT2D eigenvalue weighted by Gasteiger charge is -2.12. The van der Waals surface area contributed by atoms with Gasteiger partial charge in [0.2, 0.25) is 0 Å². The minimum atomic E-state index is -4.34. The Morgan fingerprint density at radius 1 is 1.32 bits per heavy atom. The minimum Gasteiger partial charge on any atom is -0.300 e. The van der Waals surface area contributed by atoms with E-state index < -0.39 is 34.2 Å². The molecule has 0 aliphatic rings. The fraction of sp³-hybridized carbons (Fsp3) is 0.778. The zero-order chi connectivity index (χ0) is 14.8. The van der Waals surface area contributed by atoms with Crippen molar-refractivity contribution >= 4 is 10.0 Å². The topological polar surface area (TPSA) is 90.9 Å². The van der Waals surface area contributed by atoms with Gasteiger partial charge in [-0.15, -0.1) is 10.2 Å². The Bertz CT molecular complexity index is 536. The van der Waals surface area contributed by atoms with Gasteiger partial charge in [0.1, 0.15) is 5.82 Å². The van der Waals surface area contributed by atoms with Crippen LogP contribution in [0, 0.1) is 5.92 Å². The summed E-state index contributed by atoms with van der Waals surface area (Å²) in [4.78, 5) is 0. The van der Waals surface area contributed by atoms with Gasteiger partial charge in [0.25, 0.3) is 15.2 Å². The van der Waals surface area contributed by atoms with Gasteiger partial charge < -0.3 is 4.57 Å². The maximum Gasteiger partial charge on any atom is 0.389 e. The summed E-state index contributed by atoms with van der Waals surface area (Å²) in [7, 11) is -4.10. The summed E-state index contributed by atoms with van der Waals surface area (Å²) >= 11 is 0. The van der Waals surface area contributed by atoms with E-state index in [1.54, 1.807) is 13.8 Å². The lowest BCUT2D eigenvalue weighted by molar-refractivity contribution is -0.134. The van der Waals surface area contributed by atoms with Gasteiger partial charge in [-0.1, -0.05) is 13.8 Å². The number of rotatable bonds is 5. The Balaban J connectivity index is 3.08. The van der Waals surface area contributed by atoms with Crippen LogP contribution in [0.15, 0.2) is 5.16 Å². The molecular weight excluding hydrogens is 285 g/mol. The first kappa shape index (κ1) is 15.9. The molecule has 0 unspecified atom stereocenters. The van der Waals surface area contributed by atoms with E-state index in [1.807, 2.05) is 0 Å². The van der Waals surface area contributed by atoms with Crippen LogP contribution in [0.25, 0.3) is 0 Å². The fourth-order valence-electron chi connectivity index (χ4n) is 1.52. The molecule has 0 saturated heterocycles. The van der Waals surface area contributed by atoms with Crippen LogP contribution >= 0.6 is 0 Å². The molecule has 0 fully saturated rings. The Morgan fingerprint density at radius 3 is 2.32 bits per heavy atom. The van der Waals surface area contributed by atoms with E-state index in [1.165, 1.54) is 0 Å². The van der Waals surface area contributed by atoms with Crippen LogP contribution in [-0.4, -0.2) is 29.4 Å². The summed E-state index contributed by atoms with van der Waals surface area (Å²) in [6, 6.07) is 0. The maximum absolute atomic E-state index is 12.2. The van der Waals surface area contributed by atoms with Gasteiger partial charge in [0.15, 0.2) is 0 Å². The lowest BCUT2D eigenvalue weighted by Crippen LogP contribution is -2.21. The molecule has 19 heavy (non-hydrogen) atoms. The van der Waals surface area contributed by atoms with Gasteiger partial charge in [-0.3, -0.25) is 0 Å². The Labute approximate surface area is 108 Å². The smallest absolute Gasteiger partial charge is 0.300 e. The number of nitrogens with zero attached hydrogens (tertiary/aromatic N) is 3. The molecule has 0 aliphatic heterocycles. The minimum absolute atomic E-state index is 0.0149. The van der Waals surface area contributed by atoms with Crippen molar-refractivity contribution in [3.05, 3.63) is 5.82 Å². The number of hydrogen-bond acceptors (Lipinski definition) is 4. The number of sulfonamides is 1. The van der Waals surface area contributed by atoms with Crippen molar-refractivity contribution in [3.8, 4) is 0 Å². The molecule has 1 aromatic heterocycles.